The van der Waals surface area contributed by atoms with Crippen LogP contribution in [-0.4, -0.2) is 0 Å². The van der Waals surface area contributed by atoms with Crippen LogP contribution in [0.5, 0.6) is 0 Å². The molecule has 0 unspecified atom stereocenters. The number of terminal acetylenes is 1. The second-order valence-electron chi connectivity index (χ2n) is 6.62. The van der Waals surface area contributed by atoms with Crippen LogP contribution in [0.1, 0.15) is 28.7 Å². The van der Waals surface area contributed by atoms with E-state index in [0.29, 0.717) is 6.42 Å². The van der Waals surface area contributed by atoms with Gasteiger partial charge in [-0.2, -0.15) is 0 Å². The van der Waals surface area contributed by atoms with Crippen molar-refractivity contribution in [2.45, 2.75) is 26.2 Å². The molecule has 0 amide bonds. The molecule has 0 aliphatic rings. The minimum Gasteiger partial charge on any atom is -0.120 e. The van der Waals surface area contributed by atoms with Gasteiger partial charge < -0.3 is 0 Å². The van der Waals surface area contributed by atoms with Crippen molar-refractivity contribution >= 4 is 5.57 Å². The molecule has 2 aromatic rings. The van der Waals surface area contributed by atoms with Crippen LogP contribution in [0.2, 0.25) is 0 Å². The van der Waals surface area contributed by atoms with Crippen molar-refractivity contribution in [2.24, 2.45) is 0 Å². The predicted octanol–water partition coefficient (Wildman–Crippen LogP) is 7.04. The summed E-state index contributed by atoms with van der Waals surface area (Å²) in [7, 11) is 0. The van der Waals surface area contributed by atoms with Crippen molar-refractivity contribution in [3.63, 3.8) is 0 Å². The zero-order valence-corrected chi connectivity index (χ0v) is 16.6. The first kappa shape index (κ1) is 21.0. The van der Waals surface area contributed by atoms with Crippen LogP contribution in [0.15, 0.2) is 104 Å². The van der Waals surface area contributed by atoms with Crippen LogP contribution in [0, 0.1) is 19.3 Å². The molecule has 0 fully saturated rings. The first-order valence-corrected chi connectivity index (χ1v) is 9.62. The molecule has 0 saturated heterocycles. The lowest BCUT2D eigenvalue weighted by molar-refractivity contribution is 1.24. The monoisotopic (exact) mass is 364 g/mol. The first-order valence-electron chi connectivity index (χ1n) is 9.62. The predicted molar refractivity (Wildman–Crippen MR) is 124 cm³/mol. The first-order chi connectivity index (χ1) is 13.7. The van der Waals surface area contributed by atoms with Gasteiger partial charge in [-0.05, 0) is 42.0 Å². The lowest BCUT2D eigenvalue weighted by Crippen LogP contribution is -1.90. The van der Waals surface area contributed by atoms with Crippen LogP contribution in [0.3, 0.4) is 0 Å². The Balaban J connectivity index is 2.20. The highest BCUT2D eigenvalue weighted by atomic mass is 14.1. The van der Waals surface area contributed by atoms with E-state index in [9.17, 15) is 0 Å². The smallest absolute Gasteiger partial charge is 0.0276 e. The van der Waals surface area contributed by atoms with Crippen molar-refractivity contribution in [1.82, 2.24) is 0 Å². The van der Waals surface area contributed by atoms with E-state index >= 15 is 0 Å². The average molecular weight is 365 g/mol. The lowest BCUT2D eigenvalue weighted by atomic mass is 9.97. The Morgan fingerprint density at radius 1 is 0.964 bits per heavy atom. The van der Waals surface area contributed by atoms with Crippen LogP contribution in [0.25, 0.3) is 5.57 Å². The molecule has 2 aromatic carbocycles. The molecule has 0 N–H and O–H groups in total. The van der Waals surface area contributed by atoms with E-state index in [1.54, 1.807) is 6.08 Å². The van der Waals surface area contributed by atoms with E-state index < -0.39 is 0 Å². The Bertz CT molecular complexity index is 912. The summed E-state index contributed by atoms with van der Waals surface area (Å²) in [6.07, 6.45) is 24.4. The Morgan fingerprint density at radius 2 is 1.75 bits per heavy atom. The molecule has 0 bridgehead atoms. The van der Waals surface area contributed by atoms with E-state index in [4.69, 9.17) is 6.42 Å². The molecule has 0 radical (unpaired) electrons. The maximum absolute atomic E-state index is 5.50. The second kappa shape index (κ2) is 12.2. The molecule has 140 valence electrons. The maximum atomic E-state index is 5.50. The highest BCUT2D eigenvalue weighted by Gasteiger charge is 2.02. The molecule has 0 aliphatic heterocycles. The summed E-state index contributed by atoms with van der Waals surface area (Å²) < 4.78 is 0. The van der Waals surface area contributed by atoms with Crippen molar-refractivity contribution < 1.29 is 0 Å². The Morgan fingerprint density at radius 3 is 2.50 bits per heavy atom. The van der Waals surface area contributed by atoms with E-state index in [1.807, 2.05) is 18.2 Å². The van der Waals surface area contributed by atoms with Gasteiger partial charge in [-0.3, -0.25) is 0 Å². The van der Waals surface area contributed by atoms with E-state index in [2.05, 4.69) is 92.3 Å². The molecule has 0 aromatic heterocycles. The molecular weight excluding hydrogens is 336 g/mol. The number of benzene rings is 2. The third-order valence-electron chi connectivity index (χ3n) is 4.25. The molecule has 0 spiro atoms. The normalized spacial score (nSPS) is 12.1. The van der Waals surface area contributed by atoms with Gasteiger partial charge in [-0.15, -0.1) is 12.3 Å². The number of allylic oxidation sites excluding steroid dienone is 9. The summed E-state index contributed by atoms with van der Waals surface area (Å²) >= 11 is 0. The van der Waals surface area contributed by atoms with Crippen molar-refractivity contribution in [3.8, 4) is 12.3 Å². The van der Waals surface area contributed by atoms with E-state index in [1.165, 1.54) is 27.8 Å². The fourth-order valence-corrected chi connectivity index (χ4v) is 2.96. The molecule has 2 rings (SSSR count). The van der Waals surface area contributed by atoms with E-state index in [-0.39, 0.29) is 0 Å². The van der Waals surface area contributed by atoms with Gasteiger partial charge in [0.2, 0.25) is 0 Å². The van der Waals surface area contributed by atoms with Gasteiger partial charge in [-0.25, -0.2) is 0 Å². The van der Waals surface area contributed by atoms with Crippen LogP contribution >= 0.6 is 0 Å². The Kier molecular flexibility index (Phi) is 9.12. The van der Waals surface area contributed by atoms with Gasteiger partial charge in [0.15, 0.2) is 0 Å². The summed E-state index contributed by atoms with van der Waals surface area (Å²) in [6.45, 7) is 5.82. The molecule has 0 nitrogen and oxygen atoms in total. The Hall–Kier alpha value is -3.30. The third-order valence-corrected chi connectivity index (χ3v) is 4.25. The lowest BCUT2D eigenvalue weighted by Gasteiger charge is -2.08. The zero-order chi connectivity index (χ0) is 20.0. The highest BCUT2D eigenvalue weighted by molar-refractivity contribution is 5.75. The minimum absolute atomic E-state index is 0.626. The third kappa shape index (κ3) is 7.52. The number of hydrogen-bond donors (Lipinski definition) is 0. The summed E-state index contributed by atoms with van der Waals surface area (Å²) in [5, 5.41) is 0. The molecule has 0 atom stereocenters. The van der Waals surface area contributed by atoms with Crippen LogP contribution in [-0.2, 0) is 12.8 Å². The van der Waals surface area contributed by atoms with Crippen molar-refractivity contribution in [1.29, 1.82) is 0 Å². The molecule has 0 heteroatoms. The summed E-state index contributed by atoms with van der Waals surface area (Å²) in [5.74, 6) is 2.72. The number of aryl methyl sites for hydroxylation is 1. The summed E-state index contributed by atoms with van der Waals surface area (Å²) in [5.41, 5.74) is 6.24. The summed E-state index contributed by atoms with van der Waals surface area (Å²) in [4.78, 5) is 0. The van der Waals surface area contributed by atoms with Gasteiger partial charge >= 0.3 is 0 Å². The van der Waals surface area contributed by atoms with Crippen LogP contribution < -0.4 is 0 Å². The fourth-order valence-electron chi connectivity index (χ4n) is 2.96. The Labute approximate surface area is 170 Å². The van der Waals surface area contributed by atoms with Gasteiger partial charge in [0, 0.05) is 6.42 Å². The van der Waals surface area contributed by atoms with Crippen molar-refractivity contribution in [3.05, 3.63) is 126 Å². The molecule has 0 saturated carbocycles. The molecular formula is C28H28. The van der Waals surface area contributed by atoms with Gasteiger partial charge in [0.05, 0.1) is 0 Å². The topological polar surface area (TPSA) is 0 Å². The van der Waals surface area contributed by atoms with Crippen molar-refractivity contribution in [2.75, 3.05) is 0 Å². The largest absolute Gasteiger partial charge is 0.120 e. The molecule has 0 aliphatic carbocycles. The minimum atomic E-state index is 0.626. The maximum Gasteiger partial charge on any atom is 0.0276 e. The fraction of sp³-hybridized carbons (Fsp3) is 0.143. The SMILES string of the molecule is C#CC/C=C(\C=C/Cc1ccccc1)c1cc(C)cc(C/C=C\C=C/C=C)c1. The molecule has 28 heavy (non-hydrogen) atoms. The summed E-state index contributed by atoms with van der Waals surface area (Å²) in [6, 6.07) is 17.2. The quantitative estimate of drug-likeness (QED) is 0.330. The number of hydrogen-bond acceptors (Lipinski definition) is 0. The highest BCUT2D eigenvalue weighted by Crippen LogP contribution is 2.21. The van der Waals surface area contributed by atoms with Gasteiger partial charge in [0.1, 0.15) is 0 Å². The van der Waals surface area contributed by atoms with E-state index in [0.717, 1.165) is 12.8 Å². The average Bonchev–Trinajstić information content (AvgIpc) is 2.71. The number of rotatable bonds is 9. The standard InChI is InChI=1S/C28H28/c1-4-6-8-9-11-17-26-21-24(3)22-28(23-26)27(19-7-5-2)20-14-18-25-15-12-10-13-16-25/h2,4,6,8-16,19-23H,1,7,17-18H2,3H3/b8-6-,11-9-,20-14-,27-19+. The zero-order valence-electron chi connectivity index (χ0n) is 16.6. The second-order valence-corrected chi connectivity index (χ2v) is 6.62. The van der Waals surface area contributed by atoms with Gasteiger partial charge in [-0.1, -0.05) is 109 Å². The molecule has 0 heterocycles. The van der Waals surface area contributed by atoms with Crippen LogP contribution in [0.4, 0.5) is 0 Å². The van der Waals surface area contributed by atoms with Gasteiger partial charge in [0.25, 0.3) is 0 Å².